The first-order valence-corrected chi connectivity index (χ1v) is 13.0. The molecule has 0 spiro atoms. The number of carboxylic acids is 2. The number of carbonyl (C=O) groups excluding carboxylic acids is 2. The zero-order chi connectivity index (χ0) is 28.8. The highest BCUT2D eigenvalue weighted by atomic mass is 16.4. The first kappa shape index (κ1) is 29.6. The number of hydrogen-bond donors (Lipinski definition) is 6. The number of amides is 2. The van der Waals surface area contributed by atoms with Gasteiger partial charge < -0.3 is 31.5 Å². The molecule has 2 fully saturated rings. The van der Waals surface area contributed by atoms with Gasteiger partial charge in [-0.1, -0.05) is 0 Å². The van der Waals surface area contributed by atoms with Crippen molar-refractivity contribution in [2.45, 2.75) is 115 Å². The van der Waals surface area contributed by atoms with E-state index in [0.29, 0.717) is 25.7 Å². The van der Waals surface area contributed by atoms with Crippen molar-refractivity contribution in [3.63, 3.8) is 0 Å². The van der Waals surface area contributed by atoms with Gasteiger partial charge in [0.25, 0.3) is 11.8 Å². The van der Waals surface area contributed by atoms with Crippen LogP contribution in [0.3, 0.4) is 0 Å². The highest BCUT2D eigenvalue weighted by molar-refractivity contribution is 6.12. The number of carboxylic acid groups (broad SMARTS) is 2. The fourth-order valence-corrected chi connectivity index (χ4v) is 6.70. The summed E-state index contributed by atoms with van der Waals surface area (Å²) < 4.78 is 0. The van der Waals surface area contributed by atoms with E-state index in [9.17, 15) is 29.4 Å². The van der Waals surface area contributed by atoms with Crippen molar-refractivity contribution in [2.75, 3.05) is 0 Å². The van der Waals surface area contributed by atoms with E-state index in [2.05, 4.69) is 21.3 Å². The van der Waals surface area contributed by atoms with Crippen LogP contribution in [0, 0.1) is 0 Å². The largest absolute Gasteiger partial charge is 0.478 e. The highest BCUT2D eigenvalue weighted by Crippen LogP contribution is 2.30. The zero-order valence-electron chi connectivity index (χ0n) is 23.7. The Hall–Kier alpha value is -2.98. The maximum absolute atomic E-state index is 13.4. The third kappa shape index (κ3) is 7.11. The quantitative estimate of drug-likeness (QED) is 0.327. The minimum atomic E-state index is -1.45. The van der Waals surface area contributed by atoms with Crippen LogP contribution in [0.1, 0.15) is 123 Å². The Morgan fingerprint density at radius 2 is 0.868 bits per heavy atom. The molecule has 1 aromatic rings. The van der Waals surface area contributed by atoms with Crippen molar-refractivity contribution in [1.82, 2.24) is 21.3 Å². The summed E-state index contributed by atoms with van der Waals surface area (Å²) in [6.07, 6.45) is 2.47. The molecule has 0 aromatic heterocycles. The van der Waals surface area contributed by atoms with Crippen molar-refractivity contribution in [2.24, 2.45) is 0 Å². The lowest BCUT2D eigenvalue weighted by atomic mass is 9.79. The van der Waals surface area contributed by atoms with Gasteiger partial charge in [0.2, 0.25) is 0 Å². The topological polar surface area (TPSA) is 157 Å². The molecule has 6 N–H and O–H groups in total. The number of nitrogens with one attached hydrogen (secondary N) is 4. The standard InChI is InChI=1S/C28H42N4O6/c1-25(2)11-15(12-26(3,4)31-25)29-21(33)17-9-18(20(24(37)38)10-19(17)23(35)36)22(34)30-16-13-27(5,6)32-28(7,8)14-16/h9-10,15-16,31-32H,11-14H2,1-8H3,(H,29,33)(H,30,34)(H,35,36)(H,37,38). The van der Waals surface area contributed by atoms with Crippen LogP contribution in [0.25, 0.3) is 0 Å². The molecular formula is C28H42N4O6. The summed E-state index contributed by atoms with van der Waals surface area (Å²) in [6.45, 7) is 16.2. The Labute approximate surface area is 224 Å². The number of carbonyl (C=O) groups is 4. The molecule has 1 aromatic carbocycles. The fraction of sp³-hybridized carbons (Fsp3) is 0.643. The minimum absolute atomic E-state index is 0.243. The summed E-state index contributed by atoms with van der Waals surface area (Å²) >= 11 is 0. The van der Waals surface area contributed by atoms with Crippen LogP contribution in [0.2, 0.25) is 0 Å². The molecule has 10 heteroatoms. The van der Waals surface area contributed by atoms with Gasteiger partial charge in [0.05, 0.1) is 22.3 Å². The van der Waals surface area contributed by atoms with Crippen LogP contribution >= 0.6 is 0 Å². The van der Waals surface area contributed by atoms with Gasteiger partial charge in [-0.3, -0.25) is 9.59 Å². The summed E-state index contributed by atoms with van der Waals surface area (Å²) in [7, 11) is 0. The van der Waals surface area contributed by atoms with E-state index in [1.165, 1.54) is 0 Å². The SMILES string of the molecule is CC1(C)CC(NC(=O)c2cc(C(=O)NC3CC(C)(C)NC(C)(C)C3)c(C(=O)O)cc2C(=O)O)CC(C)(C)N1. The van der Waals surface area contributed by atoms with E-state index >= 15 is 0 Å². The second kappa shape index (κ2) is 9.96. The average molecular weight is 531 g/mol. The molecule has 0 atom stereocenters. The summed E-state index contributed by atoms with van der Waals surface area (Å²) in [6, 6.07) is 1.52. The van der Waals surface area contributed by atoms with Crippen molar-refractivity contribution in [1.29, 1.82) is 0 Å². The lowest BCUT2D eigenvalue weighted by Crippen LogP contribution is -2.62. The summed E-state index contributed by atoms with van der Waals surface area (Å²) in [5.74, 6) is -4.21. The second-order valence-electron chi connectivity index (χ2n) is 13.5. The van der Waals surface area contributed by atoms with E-state index in [1.54, 1.807) is 0 Å². The van der Waals surface area contributed by atoms with Crippen LogP contribution in [-0.4, -0.2) is 68.2 Å². The minimum Gasteiger partial charge on any atom is -0.478 e. The Kier molecular flexibility index (Phi) is 7.75. The lowest BCUT2D eigenvalue weighted by molar-refractivity contribution is 0.0681. The second-order valence-corrected chi connectivity index (χ2v) is 13.5. The van der Waals surface area contributed by atoms with Crippen LogP contribution in [0.5, 0.6) is 0 Å². The third-order valence-corrected chi connectivity index (χ3v) is 7.16. The van der Waals surface area contributed by atoms with Crippen molar-refractivity contribution in [3.05, 3.63) is 34.4 Å². The molecule has 10 nitrogen and oxygen atoms in total. The molecule has 2 aliphatic rings. The Morgan fingerprint density at radius 3 is 1.13 bits per heavy atom. The van der Waals surface area contributed by atoms with Crippen LogP contribution in [0.4, 0.5) is 0 Å². The van der Waals surface area contributed by atoms with E-state index < -0.39 is 34.9 Å². The highest BCUT2D eigenvalue weighted by Gasteiger charge is 2.40. The number of hydrogen-bond acceptors (Lipinski definition) is 6. The number of piperidine rings is 2. The van der Waals surface area contributed by atoms with Crippen molar-refractivity contribution in [3.8, 4) is 0 Å². The van der Waals surface area contributed by atoms with Gasteiger partial charge in [-0.2, -0.15) is 0 Å². The molecule has 0 aliphatic carbocycles. The van der Waals surface area contributed by atoms with Crippen molar-refractivity contribution < 1.29 is 29.4 Å². The number of benzene rings is 1. The van der Waals surface area contributed by atoms with Gasteiger partial charge in [-0.25, -0.2) is 9.59 Å². The van der Waals surface area contributed by atoms with Gasteiger partial charge >= 0.3 is 11.9 Å². The predicted octanol–water partition coefficient (Wildman–Crippen LogP) is 3.16. The maximum atomic E-state index is 13.4. The first-order chi connectivity index (χ1) is 17.2. The predicted molar refractivity (Wildman–Crippen MR) is 144 cm³/mol. The normalized spacial score (nSPS) is 22.3. The van der Waals surface area contributed by atoms with E-state index in [1.807, 2.05) is 55.4 Å². The molecule has 2 aliphatic heterocycles. The molecule has 0 radical (unpaired) electrons. The molecule has 3 rings (SSSR count). The molecule has 0 saturated carbocycles. The average Bonchev–Trinajstić information content (AvgIpc) is 2.67. The summed E-state index contributed by atoms with van der Waals surface area (Å²) in [4.78, 5) is 50.9. The Bertz CT molecular complexity index is 1040. The van der Waals surface area contributed by atoms with Crippen LogP contribution in [-0.2, 0) is 0 Å². The molecule has 2 heterocycles. The monoisotopic (exact) mass is 530 g/mol. The number of rotatable bonds is 6. The van der Waals surface area contributed by atoms with Gasteiger partial charge in [-0.15, -0.1) is 0 Å². The van der Waals surface area contributed by atoms with E-state index in [-0.39, 0.29) is 45.4 Å². The first-order valence-electron chi connectivity index (χ1n) is 13.0. The molecule has 38 heavy (non-hydrogen) atoms. The Balaban J connectivity index is 1.96. The van der Waals surface area contributed by atoms with E-state index in [0.717, 1.165) is 12.1 Å². The van der Waals surface area contributed by atoms with Gasteiger partial charge in [0.15, 0.2) is 0 Å². The van der Waals surface area contributed by atoms with Crippen molar-refractivity contribution >= 4 is 23.8 Å². The smallest absolute Gasteiger partial charge is 0.336 e. The molecule has 210 valence electrons. The van der Waals surface area contributed by atoms with Gasteiger partial charge in [0.1, 0.15) is 0 Å². The lowest BCUT2D eigenvalue weighted by Gasteiger charge is -2.46. The van der Waals surface area contributed by atoms with Gasteiger partial charge in [0, 0.05) is 34.2 Å². The third-order valence-electron chi connectivity index (χ3n) is 7.16. The van der Waals surface area contributed by atoms with Gasteiger partial charge in [-0.05, 0) is 93.2 Å². The number of aromatic carboxylic acids is 2. The van der Waals surface area contributed by atoms with Crippen LogP contribution < -0.4 is 21.3 Å². The maximum Gasteiger partial charge on any atom is 0.336 e. The summed E-state index contributed by atoms with van der Waals surface area (Å²) in [5, 5.41) is 32.5. The zero-order valence-corrected chi connectivity index (χ0v) is 23.7. The summed E-state index contributed by atoms with van der Waals surface area (Å²) in [5.41, 5.74) is -2.46. The van der Waals surface area contributed by atoms with E-state index in [4.69, 9.17) is 0 Å². The molecule has 2 amide bonds. The Morgan fingerprint density at radius 1 is 0.605 bits per heavy atom. The fourth-order valence-electron chi connectivity index (χ4n) is 6.70. The molecule has 2 saturated heterocycles. The molecular weight excluding hydrogens is 488 g/mol. The van der Waals surface area contributed by atoms with Crippen LogP contribution in [0.15, 0.2) is 12.1 Å². The molecule has 0 unspecified atom stereocenters. The molecule has 0 bridgehead atoms.